The molecule has 2 saturated carbocycles. The highest BCUT2D eigenvalue weighted by Crippen LogP contribution is 2.44. The molecule has 2 rings (SSSR count). The van der Waals surface area contributed by atoms with Crippen LogP contribution in [0.2, 0.25) is 0 Å². The zero-order valence-corrected chi connectivity index (χ0v) is 10.4. The maximum atomic E-state index is 12.2. The SMILES string of the molecule is CC(C)(C)C1CCC2CCCC2C(=O)C1. The van der Waals surface area contributed by atoms with Crippen molar-refractivity contribution in [3.8, 4) is 0 Å². The predicted molar refractivity (Wildman–Crippen MR) is 62.6 cm³/mol. The number of carbonyl (C=O) groups excluding carboxylic acids is 1. The van der Waals surface area contributed by atoms with Crippen LogP contribution >= 0.6 is 0 Å². The van der Waals surface area contributed by atoms with Gasteiger partial charge in [0, 0.05) is 12.3 Å². The quantitative estimate of drug-likeness (QED) is 0.591. The molecule has 0 aromatic carbocycles. The Morgan fingerprint density at radius 2 is 1.80 bits per heavy atom. The van der Waals surface area contributed by atoms with Crippen molar-refractivity contribution in [3.63, 3.8) is 0 Å². The summed E-state index contributed by atoms with van der Waals surface area (Å²) in [5.41, 5.74) is 0.314. The lowest BCUT2D eigenvalue weighted by Gasteiger charge is -2.29. The van der Waals surface area contributed by atoms with E-state index in [0.717, 1.165) is 12.3 Å². The Morgan fingerprint density at radius 3 is 2.47 bits per heavy atom. The van der Waals surface area contributed by atoms with Crippen molar-refractivity contribution < 1.29 is 4.79 Å². The molecule has 86 valence electrons. The van der Waals surface area contributed by atoms with E-state index < -0.39 is 0 Å². The first kappa shape index (κ1) is 11.2. The van der Waals surface area contributed by atoms with Crippen molar-refractivity contribution >= 4 is 5.78 Å². The van der Waals surface area contributed by atoms with Crippen LogP contribution in [0.4, 0.5) is 0 Å². The highest BCUT2D eigenvalue weighted by molar-refractivity contribution is 5.82. The lowest BCUT2D eigenvalue weighted by atomic mass is 9.76. The van der Waals surface area contributed by atoms with Crippen LogP contribution in [0.15, 0.2) is 0 Å². The van der Waals surface area contributed by atoms with Gasteiger partial charge in [-0.25, -0.2) is 0 Å². The van der Waals surface area contributed by atoms with Crippen molar-refractivity contribution in [2.45, 2.75) is 59.3 Å². The average Bonchev–Trinajstić information content (AvgIpc) is 2.52. The van der Waals surface area contributed by atoms with Crippen LogP contribution in [0, 0.1) is 23.2 Å². The molecule has 0 N–H and O–H groups in total. The smallest absolute Gasteiger partial charge is 0.136 e. The number of hydrogen-bond acceptors (Lipinski definition) is 1. The molecule has 0 spiro atoms. The summed E-state index contributed by atoms with van der Waals surface area (Å²) in [6.45, 7) is 6.85. The fourth-order valence-corrected chi connectivity index (χ4v) is 3.46. The van der Waals surface area contributed by atoms with E-state index in [0.29, 0.717) is 23.0 Å². The largest absolute Gasteiger partial charge is 0.299 e. The van der Waals surface area contributed by atoms with Crippen molar-refractivity contribution in [2.24, 2.45) is 23.2 Å². The molecular weight excluding hydrogens is 184 g/mol. The molecular formula is C14H24O. The summed E-state index contributed by atoms with van der Waals surface area (Å²) in [6.07, 6.45) is 7.22. The highest BCUT2D eigenvalue weighted by Gasteiger charge is 2.39. The third kappa shape index (κ3) is 2.26. The van der Waals surface area contributed by atoms with Gasteiger partial charge in [-0.3, -0.25) is 4.79 Å². The molecule has 3 unspecified atom stereocenters. The fraction of sp³-hybridized carbons (Fsp3) is 0.929. The Hall–Kier alpha value is -0.330. The van der Waals surface area contributed by atoms with Gasteiger partial charge in [-0.15, -0.1) is 0 Å². The number of hydrogen-bond donors (Lipinski definition) is 0. The van der Waals surface area contributed by atoms with E-state index in [-0.39, 0.29) is 0 Å². The Bertz CT molecular complexity index is 249. The van der Waals surface area contributed by atoms with E-state index in [1.807, 2.05) is 0 Å². The van der Waals surface area contributed by atoms with Gasteiger partial charge in [-0.05, 0) is 42.9 Å². The van der Waals surface area contributed by atoms with Crippen LogP contribution < -0.4 is 0 Å². The van der Waals surface area contributed by atoms with Crippen LogP contribution in [-0.2, 0) is 4.79 Å². The van der Waals surface area contributed by atoms with Crippen LogP contribution in [0.1, 0.15) is 59.3 Å². The summed E-state index contributed by atoms with van der Waals surface area (Å²) in [5.74, 6) is 2.38. The van der Waals surface area contributed by atoms with E-state index in [9.17, 15) is 4.79 Å². The van der Waals surface area contributed by atoms with E-state index in [1.54, 1.807) is 0 Å². The summed E-state index contributed by atoms with van der Waals surface area (Å²) < 4.78 is 0. The molecule has 0 saturated heterocycles. The minimum Gasteiger partial charge on any atom is -0.299 e. The molecule has 0 amide bonds. The van der Waals surface area contributed by atoms with Crippen LogP contribution in [0.5, 0.6) is 0 Å². The molecule has 2 aliphatic carbocycles. The zero-order valence-electron chi connectivity index (χ0n) is 10.4. The van der Waals surface area contributed by atoms with E-state index in [4.69, 9.17) is 0 Å². The van der Waals surface area contributed by atoms with Crippen LogP contribution in [0.25, 0.3) is 0 Å². The topological polar surface area (TPSA) is 17.1 Å². The molecule has 1 heteroatoms. The monoisotopic (exact) mass is 208 g/mol. The van der Waals surface area contributed by atoms with Gasteiger partial charge in [0.2, 0.25) is 0 Å². The summed E-state index contributed by atoms with van der Waals surface area (Å²) in [7, 11) is 0. The summed E-state index contributed by atoms with van der Waals surface area (Å²) in [6, 6.07) is 0. The molecule has 0 aromatic rings. The van der Waals surface area contributed by atoms with Crippen LogP contribution in [-0.4, -0.2) is 5.78 Å². The first-order chi connectivity index (χ1) is 6.98. The molecule has 2 aliphatic rings. The second-order valence-corrected chi connectivity index (χ2v) is 6.61. The third-order valence-electron chi connectivity index (χ3n) is 4.63. The molecule has 0 bridgehead atoms. The molecule has 15 heavy (non-hydrogen) atoms. The minimum absolute atomic E-state index is 0.314. The van der Waals surface area contributed by atoms with E-state index in [2.05, 4.69) is 20.8 Å². The maximum Gasteiger partial charge on any atom is 0.136 e. The second-order valence-electron chi connectivity index (χ2n) is 6.61. The molecule has 2 fully saturated rings. The molecule has 0 heterocycles. The van der Waals surface area contributed by atoms with Crippen molar-refractivity contribution in [1.29, 1.82) is 0 Å². The van der Waals surface area contributed by atoms with E-state index >= 15 is 0 Å². The van der Waals surface area contributed by atoms with Gasteiger partial charge in [0.15, 0.2) is 0 Å². The Kier molecular flexibility index (Phi) is 2.92. The van der Waals surface area contributed by atoms with Crippen molar-refractivity contribution in [2.75, 3.05) is 0 Å². The number of fused-ring (bicyclic) bond motifs is 1. The lowest BCUT2D eigenvalue weighted by Crippen LogP contribution is -2.23. The van der Waals surface area contributed by atoms with E-state index in [1.165, 1.54) is 32.1 Å². The van der Waals surface area contributed by atoms with Gasteiger partial charge in [0.25, 0.3) is 0 Å². The highest BCUT2D eigenvalue weighted by atomic mass is 16.1. The molecule has 1 nitrogen and oxygen atoms in total. The summed E-state index contributed by atoms with van der Waals surface area (Å²) in [5, 5.41) is 0. The normalized spacial score (nSPS) is 37.5. The fourth-order valence-electron chi connectivity index (χ4n) is 3.46. The van der Waals surface area contributed by atoms with Gasteiger partial charge >= 0.3 is 0 Å². The van der Waals surface area contributed by atoms with Gasteiger partial charge in [-0.1, -0.05) is 27.2 Å². The molecule has 0 aromatic heterocycles. The maximum absolute atomic E-state index is 12.2. The number of ketones is 1. The van der Waals surface area contributed by atoms with Crippen molar-refractivity contribution in [1.82, 2.24) is 0 Å². The van der Waals surface area contributed by atoms with Crippen LogP contribution in [0.3, 0.4) is 0 Å². The molecule has 0 radical (unpaired) electrons. The Balaban J connectivity index is 2.09. The Labute approximate surface area is 93.6 Å². The minimum atomic E-state index is 0.314. The zero-order chi connectivity index (χ0) is 11.1. The standard InChI is InChI=1S/C14H24O/c1-14(2,3)11-8-7-10-5-4-6-12(10)13(15)9-11/h10-12H,4-9H2,1-3H3. The lowest BCUT2D eigenvalue weighted by molar-refractivity contribution is -0.124. The van der Waals surface area contributed by atoms with Gasteiger partial charge in [0.1, 0.15) is 5.78 Å². The van der Waals surface area contributed by atoms with Gasteiger partial charge in [-0.2, -0.15) is 0 Å². The first-order valence-electron chi connectivity index (χ1n) is 6.51. The predicted octanol–water partition coefficient (Wildman–Crippen LogP) is 3.82. The average molecular weight is 208 g/mol. The number of Topliss-reactive ketones (excluding diaryl/α,β-unsaturated/α-hetero) is 1. The second kappa shape index (κ2) is 3.92. The van der Waals surface area contributed by atoms with Crippen molar-refractivity contribution in [3.05, 3.63) is 0 Å². The number of carbonyl (C=O) groups is 1. The Morgan fingerprint density at radius 1 is 1.07 bits per heavy atom. The molecule has 0 aliphatic heterocycles. The number of rotatable bonds is 0. The summed E-state index contributed by atoms with van der Waals surface area (Å²) >= 11 is 0. The van der Waals surface area contributed by atoms with Gasteiger partial charge in [0.05, 0.1) is 0 Å². The summed E-state index contributed by atoms with van der Waals surface area (Å²) in [4.78, 5) is 12.2. The molecule has 3 atom stereocenters. The van der Waals surface area contributed by atoms with Gasteiger partial charge < -0.3 is 0 Å². The third-order valence-corrected chi connectivity index (χ3v) is 4.63. The first-order valence-corrected chi connectivity index (χ1v) is 6.51.